The Balaban J connectivity index is 4.12. The highest BCUT2D eigenvalue weighted by atomic mass is 16.5. The second kappa shape index (κ2) is 6.22. The van der Waals surface area contributed by atoms with Gasteiger partial charge in [-0.3, -0.25) is 4.79 Å². The van der Waals surface area contributed by atoms with E-state index in [0.717, 1.165) is 6.08 Å². The molecule has 13 heavy (non-hydrogen) atoms. The van der Waals surface area contributed by atoms with E-state index in [1.165, 1.54) is 13.2 Å². The lowest BCUT2D eigenvalue weighted by Crippen LogP contribution is -2.28. The zero-order chi connectivity index (χ0) is 10.3. The number of amides is 1. The molecule has 0 fully saturated rings. The van der Waals surface area contributed by atoms with E-state index in [4.69, 9.17) is 0 Å². The SMILES string of the molecule is CCN(CC)C(=O)/C=C\C(=O)OC. The fourth-order valence-corrected chi connectivity index (χ4v) is 0.848. The van der Waals surface area contributed by atoms with Gasteiger partial charge in [-0.15, -0.1) is 0 Å². The minimum atomic E-state index is -0.513. The van der Waals surface area contributed by atoms with E-state index >= 15 is 0 Å². The summed E-state index contributed by atoms with van der Waals surface area (Å²) in [6, 6.07) is 0. The lowest BCUT2D eigenvalue weighted by atomic mass is 10.4. The van der Waals surface area contributed by atoms with Gasteiger partial charge >= 0.3 is 5.97 Å². The van der Waals surface area contributed by atoms with Gasteiger partial charge in [0.2, 0.25) is 5.91 Å². The summed E-state index contributed by atoms with van der Waals surface area (Å²) in [6.07, 6.45) is 2.35. The summed E-state index contributed by atoms with van der Waals surface area (Å²) in [7, 11) is 1.27. The minimum absolute atomic E-state index is 0.171. The minimum Gasteiger partial charge on any atom is -0.466 e. The second-order valence-corrected chi connectivity index (χ2v) is 2.37. The fourth-order valence-electron chi connectivity index (χ4n) is 0.848. The molecule has 4 nitrogen and oxygen atoms in total. The average Bonchev–Trinajstić information content (AvgIpc) is 2.16. The van der Waals surface area contributed by atoms with Crippen LogP contribution in [0.2, 0.25) is 0 Å². The van der Waals surface area contributed by atoms with Crippen molar-refractivity contribution < 1.29 is 14.3 Å². The van der Waals surface area contributed by atoms with Gasteiger partial charge in [0.05, 0.1) is 7.11 Å². The van der Waals surface area contributed by atoms with Crippen LogP contribution in [0.1, 0.15) is 13.8 Å². The Hall–Kier alpha value is -1.32. The molecule has 0 bridgehead atoms. The summed E-state index contributed by atoms with van der Waals surface area (Å²) in [5, 5.41) is 0. The van der Waals surface area contributed by atoms with Gasteiger partial charge in [-0.2, -0.15) is 0 Å². The number of carbonyl (C=O) groups excluding carboxylic acids is 2. The van der Waals surface area contributed by atoms with Gasteiger partial charge in [-0.1, -0.05) is 0 Å². The molecule has 0 unspecified atom stereocenters. The molecular weight excluding hydrogens is 170 g/mol. The molecule has 0 aromatic carbocycles. The van der Waals surface area contributed by atoms with Crippen LogP contribution in [0.3, 0.4) is 0 Å². The van der Waals surface area contributed by atoms with Crippen LogP contribution in [-0.2, 0) is 14.3 Å². The first-order chi connectivity index (χ1) is 6.15. The van der Waals surface area contributed by atoms with Crippen molar-refractivity contribution in [3.05, 3.63) is 12.2 Å². The third-order valence-electron chi connectivity index (χ3n) is 1.64. The molecule has 0 aromatic rings. The van der Waals surface area contributed by atoms with E-state index < -0.39 is 5.97 Å². The van der Waals surface area contributed by atoms with E-state index in [2.05, 4.69) is 4.74 Å². The van der Waals surface area contributed by atoms with Gasteiger partial charge in [0.15, 0.2) is 0 Å². The Morgan fingerprint density at radius 3 is 2.15 bits per heavy atom. The number of methoxy groups -OCH3 is 1. The van der Waals surface area contributed by atoms with E-state index in [0.29, 0.717) is 13.1 Å². The highest BCUT2D eigenvalue weighted by Gasteiger charge is 2.05. The summed E-state index contributed by atoms with van der Waals surface area (Å²) in [6.45, 7) is 5.04. The second-order valence-electron chi connectivity index (χ2n) is 2.37. The zero-order valence-corrected chi connectivity index (χ0v) is 8.24. The third-order valence-corrected chi connectivity index (χ3v) is 1.64. The fraction of sp³-hybridized carbons (Fsp3) is 0.556. The Labute approximate surface area is 78.2 Å². The predicted octanol–water partition coefficient (Wildman–Crippen LogP) is 0.584. The standard InChI is InChI=1S/C9H15NO3/c1-4-10(5-2)8(11)6-7-9(12)13-3/h6-7H,4-5H2,1-3H3/b7-6-. The first-order valence-corrected chi connectivity index (χ1v) is 4.20. The van der Waals surface area contributed by atoms with E-state index in [-0.39, 0.29) is 5.91 Å². The molecule has 0 aliphatic heterocycles. The van der Waals surface area contributed by atoms with Crippen LogP contribution in [0.4, 0.5) is 0 Å². The highest BCUT2D eigenvalue weighted by Crippen LogP contribution is 1.90. The summed E-state index contributed by atoms with van der Waals surface area (Å²) in [5.41, 5.74) is 0. The summed E-state index contributed by atoms with van der Waals surface area (Å²) >= 11 is 0. The van der Waals surface area contributed by atoms with Crippen LogP contribution in [0.15, 0.2) is 12.2 Å². The number of nitrogens with zero attached hydrogens (tertiary/aromatic N) is 1. The van der Waals surface area contributed by atoms with Crippen LogP contribution < -0.4 is 0 Å². The largest absolute Gasteiger partial charge is 0.466 e. The van der Waals surface area contributed by atoms with Gasteiger partial charge < -0.3 is 9.64 Å². The predicted molar refractivity (Wildman–Crippen MR) is 49.1 cm³/mol. The van der Waals surface area contributed by atoms with Gasteiger partial charge in [0.1, 0.15) is 0 Å². The first-order valence-electron chi connectivity index (χ1n) is 4.20. The number of ether oxygens (including phenoxy) is 1. The van der Waals surface area contributed by atoms with Gasteiger partial charge in [-0.25, -0.2) is 4.79 Å². The number of hydrogen-bond acceptors (Lipinski definition) is 3. The Morgan fingerprint density at radius 2 is 1.77 bits per heavy atom. The van der Waals surface area contributed by atoms with Crippen LogP contribution >= 0.6 is 0 Å². The van der Waals surface area contributed by atoms with Gasteiger partial charge in [0.25, 0.3) is 0 Å². The molecular formula is C9H15NO3. The smallest absolute Gasteiger partial charge is 0.330 e. The van der Waals surface area contributed by atoms with Crippen molar-refractivity contribution >= 4 is 11.9 Å². The number of esters is 1. The summed E-state index contributed by atoms with van der Waals surface area (Å²) < 4.78 is 4.35. The number of rotatable bonds is 4. The van der Waals surface area contributed by atoms with Crippen molar-refractivity contribution in [1.29, 1.82) is 0 Å². The van der Waals surface area contributed by atoms with Crippen LogP contribution in [-0.4, -0.2) is 37.0 Å². The molecule has 0 aromatic heterocycles. The molecule has 0 aliphatic carbocycles. The van der Waals surface area contributed by atoms with Gasteiger partial charge in [-0.05, 0) is 13.8 Å². The Morgan fingerprint density at radius 1 is 1.23 bits per heavy atom. The highest BCUT2D eigenvalue weighted by molar-refractivity contribution is 5.94. The first kappa shape index (κ1) is 11.7. The third kappa shape index (κ3) is 4.30. The van der Waals surface area contributed by atoms with E-state index in [9.17, 15) is 9.59 Å². The Kier molecular flexibility index (Phi) is 5.59. The maximum Gasteiger partial charge on any atom is 0.330 e. The normalized spacial score (nSPS) is 10.1. The van der Waals surface area contributed by atoms with Crippen LogP contribution in [0.25, 0.3) is 0 Å². The quantitative estimate of drug-likeness (QED) is 0.475. The molecule has 0 aliphatic rings. The summed E-state index contributed by atoms with van der Waals surface area (Å²) in [4.78, 5) is 23.5. The van der Waals surface area contributed by atoms with Crippen molar-refractivity contribution in [3.63, 3.8) is 0 Å². The number of likely N-dealkylation sites (N-methyl/N-ethyl adjacent to an activating group) is 1. The van der Waals surface area contributed by atoms with Gasteiger partial charge in [0, 0.05) is 25.2 Å². The molecule has 4 heteroatoms. The zero-order valence-electron chi connectivity index (χ0n) is 8.24. The van der Waals surface area contributed by atoms with Crippen molar-refractivity contribution in [2.45, 2.75) is 13.8 Å². The van der Waals surface area contributed by atoms with E-state index in [1.807, 2.05) is 13.8 Å². The summed E-state index contributed by atoms with van der Waals surface area (Å²) in [5.74, 6) is -0.684. The van der Waals surface area contributed by atoms with Crippen LogP contribution in [0.5, 0.6) is 0 Å². The van der Waals surface area contributed by atoms with E-state index in [1.54, 1.807) is 4.90 Å². The molecule has 0 saturated heterocycles. The molecule has 0 radical (unpaired) electrons. The monoisotopic (exact) mass is 185 g/mol. The van der Waals surface area contributed by atoms with Crippen molar-refractivity contribution in [3.8, 4) is 0 Å². The molecule has 0 N–H and O–H groups in total. The van der Waals surface area contributed by atoms with Crippen molar-refractivity contribution in [2.24, 2.45) is 0 Å². The maximum absolute atomic E-state index is 11.3. The molecule has 0 saturated carbocycles. The van der Waals surface area contributed by atoms with Crippen LogP contribution in [0, 0.1) is 0 Å². The average molecular weight is 185 g/mol. The maximum atomic E-state index is 11.3. The molecule has 1 amide bonds. The molecule has 0 atom stereocenters. The molecule has 0 rings (SSSR count). The lowest BCUT2D eigenvalue weighted by molar-refractivity contribution is -0.135. The van der Waals surface area contributed by atoms with Crippen molar-refractivity contribution in [2.75, 3.05) is 20.2 Å². The topological polar surface area (TPSA) is 46.6 Å². The molecule has 0 spiro atoms. The molecule has 74 valence electrons. The van der Waals surface area contributed by atoms with Crippen molar-refractivity contribution in [1.82, 2.24) is 4.90 Å². The molecule has 0 heterocycles. The Bertz CT molecular complexity index is 207. The number of carbonyl (C=O) groups is 2. The number of hydrogen-bond donors (Lipinski definition) is 0. The lowest BCUT2D eigenvalue weighted by Gasteiger charge is -2.15.